The number of hydrogen-bond donors (Lipinski definition) is 0. The second-order valence-corrected chi connectivity index (χ2v) is 8.92. The van der Waals surface area contributed by atoms with Crippen LogP contribution >= 0.6 is 23.4 Å². The maximum absolute atomic E-state index is 12.7. The first-order chi connectivity index (χ1) is 11.8. The predicted molar refractivity (Wildman–Crippen MR) is 107 cm³/mol. The Hall–Kier alpha value is -1.20. The predicted octanol–water partition coefficient (Wildman–Crippen LogP) is 5.11. The molecule has 138 valence electrons. The number of unbranched alkanes of at least 4 members (excludes halogenated alkanes) is 1. The van der Waals surface area contributed by atoms with Crippen molar-refractivity contribution in [3.63, 3.8) is 0 Å². The first-order valence-corrected chi connectivity index (χ1v) is 9.90. The van der Waals surface area contributed by atoms with Crippen LogP contribution in [0.25, 0.3) is 0 Å². The fraction of sp³-hybridized carbons (Fsp3) is 0.579. The Bertz CT molecular complexity index is 655. The van der Waals surface area contributed by atoms with Crippen LogP contribution in [0.1, 0.15) is 50.9 Å². The Balaban J connectivity index is 2.27. The van der Waals surface area contributed by atoms with E-state index in [1.54, 1.807) is 30.0 Å². The molecule has 0 N–H and O–H groups in total. The molecule has 0 spiro atoms. The van der Waals surface area contributed by atoms with Gasteiger partial charge in [0.05, 0.1) is 12.7 Å². The molecule has 2 rings (SSSR count). The topological polar surface area (TPSA) is 41.9 Å². The van der Waals surface area contributed by atoms with Crippen LogP contribution in [-0.4, -0.2) is 41.4 Å². The van der Waals surface area contributed by atoms with Gasteiger partial charge in [0.1, 0.15) is 5.75 Å². The second-order valence-electron chi connectivity index (χ2n) is 7.32. The summed E-state index contributed by atoms with van der Waals surface area (Å²) in [6.45, 7) is 10.7. The van der Waals surface area contributed by atoms with Gasteiger partial charge in [-0.05, 0) is 30.0 Å². The van der Waals surface area contributed by atoms with Crippen molar-refractivity contribution in [1.82, 2.24) is 4.90 Å². The van der Waals surface area contributed by atoms with E-state index in [2.05, 4.69) is 37.6 Å². The lowest BCUT2D eigenvalue weighted by molar-refractivity contribution is 0.0999. The smallest absolute Gasteiger partial charge is 0.283 e. The number of hydrogen-bond acceptors (Lipinski definition) is 3. The molecule has 1 aromatic carbocycles. The molecule has 1 atom stereocenters. The number of ether oxygens (including phenoxy) is 1. The molecular weight excluding hydrogens is 356 g/mol. The highest BCUT2D eigenvalue weighted by Crippen LogP contribution is 2.38. The van der Waals surface area contributed by atoms with Crippen LogP contribution in [0.4, 0.5) is 0 Å². The summed E-state index contributed by atoms with van der Waals surface area (Å²) in [5.41, 5.74) is 0.600. The van der Waals surface area contributed by atoms with Gasteiger partial charge in [-0.1, -0.05) is 57.5 Å². The van der Waals surface area contributed by atoms with Crippen molar-refractivity contribution in [2.75, 3.05) is 20.2 Å². The Labute approximate surface area is 160 Å². The molecule has 1 amide bonds. The summed E-state index contributed by atoms with van der Waals surface area (Å²) >= 11 is 7.68. The fourth-order valence-electron chi connectivity index (χ4n) is 2.59. The van der Waals surface area contributed by atoms with E-state index < -0.39 is 0 Å². The summed E-state index contributed by atoms with van der Waals surface area (Å²) < 4.78 is 5.28. The van der Waals surface area contributed by atoms with Gasteiger partial charge >= 0.3 is 0 Å². The van der Waals surface area contributed by atoms with Crippen LogP contribution < -0.4 is 4.74 Å². The standard InChI is InChI=1S/C19H27ClN2O2S/c1-6-7-10-22-12-16(19(2,3)4)25-18(22)21-17(23)14-9-8-13(20)11-15(14)24-5/h8-9,11,16H,6-7,10,12H2,1-5H3. The number of amides is 1. The van der Waals surface area contributed by atoms with Gasteiger partial charge in [0.15, 0.2) is 5.17 Å². The van der Waals surface area contributed by atoms with Crippen LogP contribution in [0.5, 0.6) is 5.75 Å². The Morgan fingerprint density at radius 1 is 1.44 bits per heavy atom. The normalized spacial score (nSPS) is 19.5. The molecular formula is C19H27ClN2O2S. The number of amidine groups is 1. The van der Waals surface area contributed by atoms with Crippen molar-refractivity contribution in [1.29, 1.82) is 0 Å². The van der Waals surface area contributed by atoms with Gasteiger partial charge in [-0.2, -0.15) is 4.99 Å². The molecule has 1 fully saturated rings. The van der Waals surface area contributed by atoms with Crippen molar-refractivity contribution < 1.29 is 9.53 Å². The van der Waals surface area contributed by atoms with Crippen LogP contribution in [-0.2, 0) is 0 Å². The van der Waals surface area contributed by atoms with Gasteiger partial charge in [0, 0.05) is 23.4 Å². The van der Waals surface area contributed by atoms with Gasteiger partial charge in [-0.25, -0.2) is 0 Å². The van der Waals surface area contributed by atoms with E-state index in [1.807, 2.05) is 0 Å². The molecule has 25 heavy (non-hydrogen) atoms. The van der Waals surface area contributed by atoms with E-state index in [1.165, 1.54) is 7.11 Å². The number of halogens is 1. The number of thioether (sulfide) groups is 1. The quantitative estimate of drug-likeness (QED) is 0.709. The number of methoxy groups -OCH3 is 1. The first kappa shape index (κ1) is 20.1. The summed E-state index contributed by atoms with van der Waals surface area (Å²) in [6, 6.07) is 5.00. The monoisotopic (exact) mass is 382 g/mol. The number of carbonyl (C=O) groups excluding carboxylic acids is 1. The largest absolute Gasteiger partial charge is 0.496 e. The average Bonchev–Trinajstić information content (AvgIpc) is 2.95. The Morgan fingerprint density at radius 3 is 2.76 bits per heavy atom. The van der Waals surface area contributed by atoms with Gasteiger partial charge in [0.25, 0.3) is 5.91 Å². The summed E-state index contributed by atoms with van der Waals surface area (Å²) in [5, 5.41) is 1.77. The summed E-state index contributed by atoms with van der Waals surface area (Å²) in [6.07, 6.45) is 2.21. The van der Waals surface area contributed by atoms with E-state index in [0.29, 0.717) is 21.6 Å². The number of nitrogens with zero attached hydrogens (tertiary/aromatic N) is 2. The molecule has 0 saturated carbocycles. The molecule has 1 aromatic rings. The highest BCUT2D eigenvalue weighted by Gasteiger charge is 2.36. The number of rotatable bonds is 5. The molecule has 6 heteroatoms. The van der Waals surface area contributed by atoms with Crippen LogP contribution in [0.15, 0.2) is 23.2 Å². The lowest BCUT2D eigenvalue weighted by Crippen LogP contribution is -2.31. The Morgan fingerprint density at radius 2 is 2.16 bits per heavy atom. The second kappa shape index (κ2) is 8.45. The zero-order valence-electron chi connectivity index (χ0n) is 15.6. The highest BCUT2D eigenvalue weighted by molar-refractivity contribution is 8.14. The molecule has 1 saturated heterocycles. The third kappa shape index (κ3) is 5.14. The molecule has 1 heterocycles. The third-order valence-electron chi connectivity index (χ3n) is 4.24. The number of carbonyl (C=O) groups is 1. The van der Waals surface area contributed by atoms with E-state index in [-0.39, 0.29) is 11.3 Å². The molecule has 1 aliphatic heterocycles. The molecule has 0 aliphatic carbocycles. The van der Waals surface area contributed by atoms with E-state index in [9.17, 15) is 4.79 Å². The lowest BCUT2D eigenvalue weighted by atomic mass is 9.91. The first-order valence-electron chi connectivity index (χ1n) is 8.64. The third-order valence-corrected chi connectivity index (χ3v) is 6.18. The van der Waals surface area contributed by atoms with Crippen LogP contribution in [0.2, 0.25) is 5.02 Å². The van der Waals surface area contributed by atoms with Crippen LogP contribution in [0, 0.1) is 5.41 Å². The molecule has 0 bridgehead atoms. The van der Waals surface area contributed by atoms with Crippen molar-refractivity contribution in [3.05, 3.63) is 28.8 Å². The van der Waals surface area contributed by atoms with Crippen molar-refractivity contribution >= 4 is 34.4 Å². The van der Waals surface area contributed by atoms with E-state index in [4.69, 9.17) is 16.3 Å². The highest BCUT2D eigenvalue weighted by atomic mass is 35.5. The maximum Gasteiger partial charge on any atom is 0.283 e. The zero-order chi connectivity index (χ0) is 18.6. The minimum Gasteiger partial charge on any atom is -0.496 e. The van der Waals surface area contributed by atoms with Crippen molar-refractivity contribution in [3.8, 4) is 5.75 Å². The van der Waals surface area contributed by atoms with Gasteiger partial charge in [-0.3, -0.25) is 4.79 Å². The molecule has 1 aliphatic rings. The molecule has 1 unspecified atom stereocenters. The fourth-order valence-corrected chi connectivity index (χ4v) is 4.06. The van der Waals surface area contributed by atoms with E-state index in [0.717, 1.165) is 31.1 Å². The van der Waals surface area contributed by atoms with Gasteiger partial charge in [-0.15, -0.1) is 0 Å². The van der Waals surface area contributed by atoms with Gasteiger partial charge in [0.2, 0.25) is 0 Å². The summed E-state index contributed by atoms with van der Waals surface area (Å²) in [4.78, 5) is 19.4. The number of aliphatic imine (C=N–C) groups is 1. The minimum atomic E-state index is -0.285. The Kier molecular flexibility index (Phi) is 6.80. The van der Waals surface area contributed by atoms with Gasteiger partial charge < -0.3 is 9.64 Å². The summed E-state index contributed by atoms with van der Waals surface area (Å²) in [7, 11) is 1.53. The molecule has 4 nitrogen and oxygen atoms in total. The van der Waals surface area contributed by atoms with E-state index >= 15 is 0 Å². The maximum atomic E-state index is 12.7. The number of benzene rings is 1. The lowest BCUT2D eigenvalue weighted by Gasteiger charge is -2.25. The average molecular weight is 383 g/mol. The SMILES string of the molecule is CCCCN1CC(C(C)(C)C)SC1=NC(=O)c1ccc(Cl)cc1OC. The molecule has 0 radical (unpaired) electrons. The van der Waals surface area contributed by atoms with Crippen molar-refractivity contribution in [2.24, 2.45) is 10.4 Å². The van der Waals surface area contributed by atoms with Crippen molar-refractivity contribution in [2.45, 2.75) is 45.8 Å². The minimum absolute atomic E-state index is 0.160. The molecule has 0 aromatic heterocycles. The summed E-state index contributed by atoms with van der Waals surface area (Å²) in [5.74, 6) is 0.171. The van der Waals surface area contributed by atoms with Crippen LogP contribution in [0.3, 0.4) is 0 Å². The zero-order valence-corrected chi connectivity index (χ0v) is 17.2.